The van der Waals surface area contributed by atoms with E-state index in [0.29, 0.717) is 23.2 Å². The summed E-state index contributed by atoms with van der Waals surface area (Å²) in [6.07, 6.45) is 5.38. The maximum atomic E-state index is 12.5. The van der Waals surface area contributed by atoms with Gasteiger partial charge in [-0.1, -0.05) is 12.1 Å². The Morgan fingerprint density at radius 3 is 2.55 bits per heavy atom. The summed E-state index contributed by atoms with van der Waals surface area (Å²) in [7, 11) is -1.75. The fourth-order valence-corrected chi connectivity index (χ4v) is 3.81. The Labute approximate surface area is 130 Å². The highest BCUT2D eigenvalue weighted by atomic mass is 32.2. The van der Waals surface area contributed by atoms with Crippen LogP contribution in [0.3, 0.4) is 0 Å². The van der Waals surface area contributed by atoms with E-state index in [1.165, 1.54) is 6.42 Å². The van der Waals surface area contributed by atoms with Gasteiger partial charge in [0.1, 0.15) is 0 Å². The molecule has 0 radical (unpaired) electrons. The van der Waals surface area contributed by atoms with Gasteiger partial charge in [-0.3, -0.25) is 4.68 Å². The lowest BCUT2D eigenvalue weighted by Crippen LogP contribution is -2.17. The molecule has 1 saturated carbocycles. The maximum Gasteiger partial charge on any atom is 0.184 e. The molecule has 5 nitrogen and oxygen atoms in total. The third kappa shape index (κ3) is 3.23. The zero-order valence-corrected chi connectivity index (χ0v) is 13.4. The van der Waals surface area contributed by atoms with E-state index < -0.39 is 9.84 Å². The molecular formula is C16H20N2O3S. The maximum absolute atomic E-state index is 12.5. The van der Waals surface area contributed by atoms with Crippen molar-refractivity contribution >= 4 is 9.84 Å². The molecule has 2 aromatic rings. The van der Waals surface area contributed by atoms with Crippen LogP contribution in [0.15, 0.2) is 41.4 Å². The van der Waals surface area contributed by atoms with Gasteiger partial charge in [0, 0.05) is 13.3 Å². The lowest BCUT2D eigenvalue weighted by Gasteiger charge is -2.25. The quantitative estimate of drug-likeness (QED) is 0.821. The molecule has 118 valence electrons. The van der Waals surface area contributed by atoms with Crippen molar-refractivity contribution < 1.29 is 13.2 Å². The molecule has 1 heterocycles. The smallest absolute Gasteiger partial charge is 0.184 e. The van der Waals surface area contributed by atoms with Gasteiger partial charge in [-0.05, 0) is 43.0 Å². The van der Waals surface area contributed by atoms with Gasteiger partial charge in [0.15, 0.2) is 9.84 Å². The summed E-state index contributed by atoms with van der Waals surface area (Å²) in [6.45, 7) is 0.478. The van der Waals surface area contributed by atoms with Crippen LogP contribution in [0.2, 0.25) is 0 Å². The van der Waals surface area contributed by atoms with Crippen molar-refractivity contribution in [3.05, 3.63) is 47.8 Å². The largest absolute Gasteiger partial charge is 0.380 e. The zero-order valence-electron chi connectivity index (χ0n) is 12.6. The van der Waals surface area contributed by atoms with E-state index in [-0.39, 0.29) is 5.75 Å². The van der Waals surface area contributed by atoms with Crippen LogP contribution in [0.25, 0.3) is 0 Å². The summed E-state index contributed by atoms with van der Waals surface area (Å²) in [6, 6.07) is 9.07. The molecule has 0 N–H and O–H groups in total. The van der Waals surface area contributed by atoms with Gasteiger partial charge in [-0.25, -0.2) is 8.42 Å². The first-order chi connectivity index (χ1) is 10.6. The SMILES string of the molecule is COCc1ccc(S(=O)(=O)Cc2ccn(C3CCC3)n2)cc1. The highest BCUT2D eigenvalue weighted by Gasteiger charge is 2.22. The molecule has 0 atom stereocenters. The minimum absolute atomic E-state index is 0.0592. The van der Waals surface area contributed by atoms with E-state index in [0.717, 1.165) is 18.4 Å². The Morgan fingerprint density at radius 1 is 1.23 bits per heavy atom. The highest BCUT2D eigenvalue weighted by Crippen LogP contribution is 2.30. The molecule has 0 saturated heterocycles. The third-order valence-electron chi connectivity index (χ3n) is 4.04. The Balaban J connectivity index is 1.73. The lowest BCUT2D eigenvalue weighted by atomic mass is 9.93. The lowest BCUT2D eigenvalue weighted by molar-refractivity contribution is 0.185. The summed E-state index contributed by atoms with van der Waals surface area (Å²) in [5.41, 5.74) is 1.56. The normalized spacial score (nSPS) is 15.7. The second-order valence-electron chi connectivity index (χ2n) is 5.71. The minimum atomic E-state index is -3.36. The molecule has 3 rings (SSSR count). The first kappa shape index (κ1) is 15.2. The van der Waals surface area contributed by atoms with Crippen LogP contribution in [0.5, 0.6) is 0 Å². The molecule has 0 bridgehead atoms. The molecule has 1 fully saturated rings. The highest BCUT2D eigenvalue weighted by molar-refractivity contribution is 7.90. The van der Waals surface area contributed by atoms with Crippen LogP contribution in [0.1, 0.15) is 36.6 Å². The van der Waals surface area contributed by atoms with Crippen LogP contribution in [0, 0.1) is 0 Å². The van der Waals surface area contributed by atoms with Gasteiger partial charge in [0.05, 0.1) is 29.0 Å². The average Bonchev–Trinajstić information content (AvgIpc) is 2.85. The van der Waals surface area contributed by atoms with Crippen molar-refractivity contribution in [1.29, 1.82) is 0 Å². The van der Waals surface area contributed by atoms with Crippen molar-refractivity contribution in [1.82, 2.24) is 9.78 Å². The van der Waals surface area contributed by atoms with Crippen molar-refractivity contribution in [3.63, 3.8) is 0 Å². The first-order valence-electron chi connectivity index (χ1n) is 7.43. The van der Waals surface area contributed by atoms with Crippen LogP contribution in [-0.4, -0.2) is 25.3 Å². The van der Waals surface area contributed by atoms with Gasteiger partial charge in [0.2, 0.25) is 0 Å². The molecule has 22 heavy (non-hydrogen) atoms. The van der Waals surface area contributed by atoms with E-state index >= 15 is 0 Å². The fraction of sp³-hybridized carbons (Fsp3) is 0.438. The fourth-order valence-electron chi connectivity index (χ4n) is 2.55. The van der Waals surface area contributed by atoms with Crippen molar-refractivity contribution in [2.45, 2.75) is 42.6 Å². The Morgan fingerprint density at radius 2 is 1.95 bits per heavy atom. The van der Waals surface area contributed by atoms with Gasteiger partial charge < -0.3 is 4.74 Å². The van der Waals surface area contributed by atoms with Gasteiger partial charge in [-0.2, -0.15) is 5.10 Å². The number of rotatable bonds is 6. The Kier molecular flexibility index (Phi) is 4.31. The minimum Gasteiger partial charge on any atom is -0.380 e. The first-order valence-corrected chi connectivity index (χ1v) is 9.08. The van der Waals surface area contributed by atoms with E-state index in [9.17, 15) is 8.42 Å². The van der Waals surface area contributed by atoms with Crippen LogP contribution >= 0.6 is 0 Å². The summed E-state index contributed by atoms with van der Waals surface area (Å²) in [4.78, 5) is 0.325. The zero-order chi connectivity index (χ0) is 15.6. The number of benzene rings is 1. The topological polar surface area (TPSA) is 61.2 Å². The summed E-state index contributed by atoms with van der Waals surface area (Å²) in [5, 5.41) is 4.41. The second-order valence-corrected chi connectivity index (χ2v) is 7.70. The molecule has 1 aromatic carbocycles. The van der Waals surface area contributed by atoms with E-state index in [2.05, 4.69) is 5.10 Å². The van der Waals surface area contributed by atoms with E-state index in [1.807, 2.05) is 10.9 Å². The molecule has 1 aliphatic rings. The molecule has 1 aliphatic carbocycles. The van der Waals surface area contributed by atoms with Gasteiger partial charge >= 0.3 is 0 Å². The number of nitrogens with zero attached hydrogens (tertiary/aromatic N) is 2. The van der Waals surface area contributed by atoms with Crippen LogP contribution < -0.4 is 0 Å². The summed E-state index contributed by atoms with van der Waals surface area (Å²) in [5.74, 6) is -0.0592. The van der Waals surface area contributed by atoms with E-state index in [1.54, 1.807) is 37.4 Å². The van der Waals surface area contributed by atoms with Crippen molar-refractivity contribution in [3.8, 4) is 0 Å². The second kappa shape index (κ2) is 6.22. The number of ether oxygens (including phenoxy) is 1. The number of hydrogen-bond acceptors (Lipinski definition) is 4. The number of sulfone groups is 1. The van der Waals surface area contributed by atoms with Crippen LogP contribution in [0.4, 0.5) is 0 Å². The van der Waals surface area contributed by atoms with Gasteiger partial charge in [0.25, 0.3) is 0 Å². The number of hydrogen-bond donors (Lipinski definition) is 0. The Bertz CT molecular complexity index is 731. The number of methoxy groups -OCH3 is 1. The molecule has 0 amide bonds. The molecule has 0 aliphatic heterocycles. The average molecular weight is 320 g/mol. The predicted molar refractivity (Wildman–Crippen MR) is 83.2 cm³/mol. The molecular weight excluding hydrogens is 300 g/mol. The van der Waals surface area contributed by atoms with E-state index in [4.69, 9.17) is 4.74 Å². The molecule has 6 heteroatoms. The standard InChI is InChI=1S/C16H20N2O3S/c1-21-11-13-5-7-16(8-6-13)22(19,20)12-14-9-10-18(17-14)15-3-2-4-15/h5-10,15H,2-4,11-12H2,1H3. The molecule has 0 unspecified atom stereocenters. The summed E-state index contributed by atoms with van der Waals surface area (Å²) >= 11 is 0. The van der Waals surface area contributed by atoms with Crippen molar-refractivity contribution in [2.75, 3.05) is 7.11 Å². The number of aromatic nitrogens is 2. The molecule has 0 spiro atoms. The Hall–Kier alpha value is -1.66. The summed E-state index contributed by atoms with van der Waals surface area (Å²) < 4.78 is 31.8. The van der Waals surface area contributed by atoms with Crippen LogP contribution in [-0.2, 0) is 26.9 Å². The van der Waals surface area contributed by atoms with Crippen molar-refractivity contribution in [2.24, 2.45) is 0 Å². The monoisotopic (exact) mass is 320 g/mol. The van der Waals surface area contributed by atoms with Gasteiger partial charge in [-0.15, -0.1) is 0 Å². The predicted octanol–water partition coefficient (Wildman–Crippen LogP) is 2.73. The third-order valence-corrected chi connectivity index (χ3v) is 5.71. The molecule has 1 aromatic heterocycles.